The maximum atomic E-state index is 4.89. The molecule has 38 valence electrons. The average Bonchev–Trinajstić information content (AvgIpc) is 2.14. The van der Waals surface area contributed by atoms with Crippen molar-refractivity contribution in [2.24, 2.45) is 4.99 Å². The number of ether oxygens (including phenoxy) is 1. The van der Waals surface area contributed by atoms with Gasteiger partial charge in [0, 0.05) is 0 Å². The first-order valence-electron chi connectivity index (χ1n) is 2.20. The Labute approximate surface area is 42.5 Å². The maximum absolute atomic E-state index is 4.89. The minimum Gasteiger partial charge on any atom is -0.474 e. The summed E-state index contributed by atoms with van der Waals surface area (Å²) in [5.74, 6) is 0. The highest BCUT2D eigenvalue weighted by Crippen LogP contribution is 1.97. The monoisotopic (exact) mass is 97.1 g/mol. The van der Waals surface area contributed by atoms with Crippen molar-refractivity contribution in [3.8, 4) is 0 Å². The molecule has 0 radical (unpaired) electrons. The molecule has 0 saturated carbocycles. The number of hydrogen-bond donors (Lipinski definition) is 0. The van der Waals surface area contributed by atoms with E-state index in [9.17, 15) is 0 Å². The molecule has 7 heavy (non-hydrogen) atoms. The lowest BCUT2D eigenvalue weighted by Crippen LogP contribution is -2.03. The van der Waals surface area contributed by atoms with Crippen LogP contribution in [-0.4, -0.2) is 19.0 Å². The summed E-state index contributed by atoms with van der Waals surface area (Å²) in [6.07, 6.45) is 3.35. The Morgan fingerprint density at radius 3 is 3.14 bits per heavy atom. The van der Waals surface area contributed by atoms with Crippen LogP contribution in [0.25, 0.3) is 0 Å². The van der Waals surface area contributed by atoms with Crippen molar-refractivity contribution in [1.82, 2.24) is 0 Å². The van der Waals surface area contributed by atoms with Crippen LogP contribution in [0.3, 0.4) is 0 Å². The SMILES string of the molecule is C=C[C@@H]1CN=CO1. The zero-order valence-corrected chi connectivity index (χ0v) is 4.00. The molecule has 0 unspecified atom stereocenters. The number of nitrogens with zero attached hydrogens (tertiary/aromatic N) is 1. The van der Waals surface area contributed by atoms with E-state index in [0.717, 1.165) is 6.54 Å². The fourth-order valence-corrected chi connectivity index (χ4v) is 0.441. The Morgan fingerprint density at radius 1 is 2.00 bits per heavy atom. The van der Waals surface area contributed by atoms with Crippen LogP contribution in [0.5, 0.6) is 0 Å². The van der Waals surface area contributed by atoms with Crippen molar-refractivity contribution >= 4 is 6.40 Å². The summed E-state index contributed by atoms with van der Waals surface area (Å²) in [6, 6.07) is 0. The zero-order valence-electron chi connectivity index (χ0n) is 4.00. The van der Waals surface area contributed by atoms with E-state index in [-0.39, 0.29) is 6.10 Å². The lowest BCUT2D eigenvalue weighted by molar-refractivity contribution is 0.286. The van der Waals surface area contributed by atoms with Crippen molar-refractivity contribution in [3.63, 3.8) is 0 Å². The van der Waals surface area contributed by atoms with Crippen LogP contribution >= 0.6 is 0 Å². The standard InChI is InChI=1S/C5H7NO/c1-2-5-3-6-4-7-5/h2,4-5H,1,3H2/t5-/m1/s1. The van der Waals surface area contributed by atoms with Crippen molar-refractivity contribution in [1.29, 1.82) is 0 Å². The molecule has 1 heterocycles. The Kier molecular flexibility index (Phi) is 1.11. The quantitative estimate of drug-likeness (QED) is 0.439. The fraction of sp³-hybridized carbons (Fsp3) is 0.400. The van der Waals surface area contributed by atoms with E-state index in [4.69, 9.17) is 4.74 Å². The molecule has 2 nitrogen and oxygen atoms in total. The predicted octanol–water partition coefficient (Wildman–Crippen LogP) is 0.599. The minimum atomic E-state index is 0.139. The molecule has 1 aliphatic rings. The predicted molar refractivity (Wildman–Crippen MR) is 28.4 cm³/mol. The second-order valence-corrected chi connectivity index (χ2v) is 1.38. The Hall–Kier alpha value is -0.790. The molecule has 0 aromatic carbocycles. The van der Waals surface area contributed by atoms with Crippen LogP contribution in [0.2, 0.25) is 0 Å². The highest BCUT2D eigenvalue weighted by atomic mass is 16.5. The van der Waals surface area contributed by atoms with E-state index < -0.39 is 0 Å². The van der Waals surface area contributed by atoms with Crippen molar-refractivity contribution in [2.75, 3.05) is 6.54 Å². The van der Waals surface area contributed by atoms with Gasteiger partial charge >= 0.3 is 0 Å². The van der Waals surface area contributed by atoms with Crippen LogP contribution in [0.4, 0.5) is 0 Å². The molecule has 0 aliphatic carbocycles. The van der Waals surface area contributed by atoms with Gasteiger partial charge in [-0.3, -0.25) is 4.99 Å². The lowest BCUT2D eigenvalue weighted by Gasteiger charge is -1.96. The second kappa shape index (κ2) is 1.78. The van der Waals surface area contributed by atoms with E-state index in [0.29, 0.717) is 0 Å². The molecule has 0 aromatic rings. The van der Waals surface area contributed by atoms with Crippen molar-refractivity contribution in [2.45, 2.75) is 6.10 Å². The third-order valence-corrected chi connectivity index (χ3v) is 0.858. The topological polar surface area (TPSA) is 21.6 Å². The summed E-state index contributed by atoms with van der Waals surface area (Å²) in [5, 5.41) is 0. The van der Waals surface area contributed by atoms with E-state index in [1.165, 1.54) is 6.40 Å². The second-order valence-electron chi connectivity index (χ2n) is 1.38. The van der Waals surface area contributed by atoms with Gasteiger partial charge in [-0.05, 0) is 6.08 Å². The number of hydrogen-bond acceptors (Lipinski definition) is 2. The molecular formula is C5H7NO. The van der Waals surface area contributed by atoms with Gasteiger partial charge in [0.15, 0.2) is 6.40 Å². The molecule has 1 atom stereocenters. The van der Waals surface area contributed by atoms with Gasteiger partial charge in [-0.15, -0.1) is 0 Å². The van der Waals surface area contributed by atoms with E-state index >= 15 is 0 Å². The molecule has 0 bridgehead atoms. The fourth-order valence-electron chi connectivity index (χ4n) is 0.441. The molecule has 2 heteroatoms. The van der Waals surface area contributed by atoms with Gasteiger partial charge in [0.1, 0.15) is 6.10 Å². The molecule has 0 aromatic heterocycles. The molecular weight excluding hydrogens is 90.1 g/mol. The largest absolute Gasteiger partial charge is 0.474 e. The lowest BCUT2D eigenvalue weighted by atomic mass is 10.4. The molecule has 0 N–H and O–H groups in total. The van der Waals surface area contributed by atoms with Gasteiger partial charge in [0.2, 0.25) is 0 Å². The Bertz CT molecular complexity index is 90.3. The highest BCUT2D eigenvalue weighted by molar-refractivity contribution is 5.49. The van der Waals surface area contributed by atoms with Gasteiger partial charge in [-0.2, -0.15) is 0 Å². The minimum absolute atomic E-state index is 0.139. The van der Waals surface area contributed by atoms with Crippen LogP contribution in [-0.2, 0) is 4.74 Å². The Balaban J connectivity index is 2.35. The van der Waals surface area contributed by atoms with Crippen molar-refractivity contribution < 1.29 is 4.74 Å². The first kappa shape index (κ1) is 4.37. The summed E-state index contributed by atoms with van der Waals surface area (Å²) < 4.78 is 4.89. The van der Waals surface area contributed by atoms with Gasteiger partial charge < -0.3 is 4.74 Å². The number of rotatable bonds is 1. The molecule has 0 fully saturated rings. The molecule has 0 spiro atoms. The molecule has 0 saturated heterocycles. The molecule has 0 amide bonds. The summed E-state index contributed by atoms with van der Waals surface area (Å²) >= 11 is 0. The molecule has 1 rings (SSSR count). The summed E-state index contributed by atoms with van der Waals surface area (Å²) in [7, 11) is 0. The average molecular weight is 97.1 g/mol. The van der Waals surface area contributed by atoms with Gasteiger partial charge in [-0.25, -0.2) is 0 Å². The summed E-state index contributed by atoms with van der Waals surface area (Å²) in [6.45, 7) is 4.28. The normalized spacial score (nSPS) is 27.1. The Morgan fingerprint density at radius 2 is 2.86 bits per heavy atom. The van der Waals surface area contributed by atoms with Crippen LogP contribution in [0.1, 0.15) is 0 Å². The van der Waals surface area contributed by atoms with Crippen molar-refractivity contribution in [3.05, 3.63) is 12.7 Å². The van der Waals surface area contributed by atoms with Crippen LogP contribution < -0.4 is 0 Å². The van der Waals surface area contributed by atoms with Gasteiger partial charge in [-0.1, -0.05) is 6.58 Å². The van der Waals surface area contributed by atoms with E-state index in [1.807, 2.05) is 0 Å². The van der Waals surface area contributed by atoms with E-state index in [1.54, 1.807) is 6.08 Å². The highest BCUT2D eigenvalue weighted by Gasteiger charge is 2.04. The molecule has 1 aliphatic heterocycles. The smallest absolute Gasteiger partial charge is 0.170 e. The summed E-state index contributed by atoms with van der Waals surface area (Å²) in [5.41, 5.74) is 0. The first-order valence-corrected chi connectivity index (χ1v) is 2.20. The third kappa shape index (κ3) is 0.796. The first-order chi connectivity index (χ1) is 3.43. The summed E-state index contributed by atoms with van der Waals surface area (Å²) in [4.78, 5) is 3.82. The van der Waals surface area contributed by atoms with Crippen LogP contribution in [0.15, 0.2) is 17.6 Å². The number of aliphatic imine (C=N–C) groups is 1. The van der Waals surface area contributed by atoms with Crippen LogP contribution in [0, 0.1) is 0 Å². The van der Waals surface area contributed by atoms with E-state index in [2.05, 4.69) is 11.6 Å². The zero-order chi connectivity index (χ0) is 5.11. The van der Waals surface area contributed by atoms with Gasteiger partial charge in [0.05, 0.1) is 6.54 Å². The third-order valence-electron chi connectivity index (χ3n) is 0.858. The maximum Gasteiger partial charge on any atom is 0.170 e. The van der Waals surface area contributed by atoms with Gasteiger partial charge in [0.25, 0.3) is 0 Å².